The normalized spacial score (nSPS) is 16.4. The molecule has 0 bridgehead atoms. The van der Waals surface area contributed by atoms with Gasteiger partial charge in [-0.05, 0) is 43.2 Å². The second kappa shape index (κ2) is 8.16. The average molecular weight is 411 g/mol. The number of halogens is 1. The Balaban J connectivity index is 1.76. The molecule has 0 fully saturated rings. The first-order valence-electron chi connectivity index (χ1n) is 9.42. The van der Waals surface area contributed by atoms with Crippen LogP contribution in [0.2, 0.25) is 5.02 Å². The smallest absolute Gasteiger partial charge is 0.228 e. The average Bonchev–Trinajstić information content (AvgIpc) is 2.71. The van der Waals surface area contributed by atoms with Crippen LogP contribution in [-0.4, -0.2) is 38.0 Å². The highest BCUT2D eigenvalue weighted by molar-refractivity contribution is 7.99. The van der Waals surface area contributed by atoms with Crippen LogP contribution in [-0.2, 0) is 4.79 Å². The molecule has 1 amide bonds. The number of amides is 1. The van der Waals surface area contributed by atoms with Gasteiger partial charge in [0.25, 0.3) is 0 Å². The van der Waals surface area contributed by atoms with Crippen molar-refractivity contribution in [3.05, 3.63) is 71.2 Å². The second-order valence-electron chi connectivity index (χ2n) is 7.35. The molecule has 3 aromatic rings. The van der Waals surface area contributed by atoms with Crippen molar-refractivity contribution in [3.8, 4) is 0 Å². The maximum absolute atomic E-state index is 13.2. The van der Waals surface area contributed by atoms with E-state index in [9.17, 15) is 4.79 Å². The molecule has 0 aromatic heterocycles. The van der Waals surface area contributed by atoms with Gasteiger partial charge in [0.2, 0.25) is 5.91 Å². The summed E-state index contributed by atoms with van der Waals surface area (Å²) in [6.07, 6.45) is 0.508. The number of nitrogens with zero attached hydrogens (tertiary/aromatic N) is 2. The monoisotopic (exact) mass is 410 g/mol. The fraction of sp³-hybridized carbons (Fsp3) is 0.261. The van der Waals surface area contributed by atoms with Gasteiger partial charge in [0.05, 0.1) is 10.9 Å². The van der Waals surface area contributed by atoms with E-state index in [1.165, 1.54) is 5.56 Å². The second-order valence-corrected chi connectivity index (χ2v) is 9.03. The van der Waals surface area contributed by atoms with Gasteiger partial charge < -0.3 is 9.80 Å². The van der Waals surface area contributed by atoms with E-state index in [0.29, 0.717) is 13.0 Å². The maximum Gasteiger partial charge on any atom is 0.228 e. The molecule has 144 valence electrons. The van der Waals surface area contributed by atoms with Gasteiger partial charge in [-0.25, -0.2) is 0 Å². The molecule has 0 radical (unpaired) electrons. The zero-order valence-electron chi connectivity index (χ0n) is 16.1. The van der Waals surface area contributed by atoms with Crippen LogP contribution in [0.3, 0.4) is 0 Å². The minimum absolute atomic E-state index is 0.172. The Morgan fingerprint density at radius 3 is 2.61 bits per heavy atom. The van der Waals surface area contributed by atoms with E-state index >= 15 is 0 Å². The van der Waals surface area contributed by atoms with Gasteiger partial charge in [-0.3, -0.25) is 4.79 Å². The number of fused-ring (bicyclic) bond motifs is 3. The quantitative estimate of drug-likeness (QED) is 0.557. The van der Waals surface area contributed by atoms with Crippen LogP contribution >= 0.6 is 23.4 Å². The number of hydrogen-bond donors (Lipinski definition) is 0. The van der Waals surface area contributed by atoms with E-state index < -0.39 is 0 Å². The van der Waals surface area contributed by atoms with Crippen molar-refractivity contribution in [2.75, 3.05) is 32.1 Å². The van der Waals surface area contributed by atoms with E-state index in [4.69, 9.17) is 11.6 Å². The standard InChI is InChI=1S/C23H23ClN2OS/c1-25(2)14-13-22(27)26-15-21(17-7-10-18(24)11-8-17)28-20-12-9-16-5-3-4-6-19(16)23(20)26/h3-12,21H,13-15H2,1-2H3. The molecule has 1 aliphatic heterocycles. The molecule has 0 N–H and O–H groups in total. The fourth-order valence-electron chi connectivity index (χ4n) is 3.59. The van der Waals surface area contributed by atoms with Crippen molar-refractivity contribution in [2.24, 2.45) is 0 Å². The van der Waals surface area contributed by atoms with Gasteiger partial charge in [0, 0.05) is 34.8 Å². The molecular weight excluding hydrogens is 388 g/mol. The molecule has 0 saturated carbocycles. The number of rotatable bonds is 4. The summed E-state index contributed by atoms with van der Waals surface area (Å²) in [6.45, 7) is 1.41. The van der Waals surface area contributed by atoms with Crippen LogP contribution in [0.4, 0.5) is 5.69 Å². The maximum atomic E-state index is 13.2. The van der Waals surface area contributed by atoms with E-state index in [2.05, 4.69) is 41.3 Å². The molecule has 0 saturated heterocycles. The van der Waals surface area contributed by atoms with Gasteiger partial charge >= 0.3 is 0 Å². The SMILES string of the molecule is CN(C)CCC(=O)N1CC(c2ccc(Cl)cc2)Sc2ccc3ccccc3c21. The minimum Gasteiger partial charge on any atom is -0.309 e. The highest BCUT2D eigenvalue weighted by Gasteiger charge is 2.31. The number of thioether (sulfide) groups is 1. The topological polar surface area (TPSA) is 23.6 Å². The van der Waals surface area contributed by atoms with E-state index in [0.717, 1.165) is 32.9 Å². The van der Waals surface area contributed by atoms with Crippen molar-refractivity contribution in [1.82, 2.24) is 4.90 Å². The Labute approximate surface area is 175 Å². The van der Waals surface area contributed by atoms with Gasteiger partial charge in [-0.1, -0.05) is 54.1 Å². The Kier molecular flexibility index (Phi) is 5.63. The summed E-state index contributed by atoms with van der Waals surface area (Å²) in [7, 11) is 4.00. The van der Waals surface area contributed by atoms with Crippen molar-refractivity contribution in [2.45, 2.75) is 16.6 Å². The molecule has 5 heteroatoms. The van der Waals surface area contributed by atoms with Crippen LogP contribution < -0.4 is 4.90 Å². The van der Waals surface area contributed by atoms with Crippen molar-refractivity contribution < 1.29 is 4.79 Å². The summed E-state index contributed by atoms with van der Waals surface area (Å²) in [5.41, 5.74) is 2.25. The lowest BCUT2D eigenvalue weighted by Gasteiger charge is -2.35. The molecule has 3 nitrogen and oxygen atoms in total. The molecule has 28 heavy (non-hydrogen) atoms. The Morgan fingerprint density at radius 2 is 1.86 bits per heavy atom. The summed E-state index contributed by atoms with van der Waals surface area (Å²) >= 11 is 7.90. The molecule has 1 heterocycles. The third-order valence-corrected chi connectivity index (χ3v) is 6.61. The van der Waals surface area contributed by atoms with Crippen molar-refractivity contribution in [1.29, 1.82) is 0 Å². The molecule has 4 rings (SSSR count). The fourth-order valence-corrected chi connectivity index (χ4v) is 5.02. The van der Waals surface area contributed by atoms with Gasteiger partial charge in [-0.15, -0.1) is 11.8 Å². The van der Waals surface area contributed by atoms with E-state index in [-0.39, 0.29) is 11.2 Å². The lowest BCUT2D eigenvalue weighted by atomic mass is 10.1. The minimum atomic E-state index is 0.172. The molecule has 1 atom stereocenters. The molecule has 0 aliphatic carbocycles. The number of anilines is 1. The summed E-state index contributed by atoms with van der Waals surface area (Å²) < 4.78 is 0. The third-order valence-electron chi connectivity index (χ3n) is 5.07. The molecule has 0 spiro atoms. The van der Waals surface area contributed by atoms with Crippen LogP contribution in [0.1, 0.15) is 17.2 Å². The summed E-state index contributed by atoms with van der Waals surface area (Å²) in [5.74, 6) is 0.172. The predicted molar refractivity (Wildman–Crippen MR) is 120 cm³/mol. The molecular formula is C23H23ClN2OS. The molecule has 3 aromatic carbocycles. The zero-order chi connectivity index (χ0) is 19.7. The van der Waals surface area contributed by atoms with E-state index in [1.807, 2.05) is 55.0 Å². The summed E-state index contributed by atoms with van der Waals surface area (Å²) in [6, 6.07) is 20.6. The summed E-state index contributed by atoms with van der Waals surface area (Å²) in [5, 5.41) is 3.22. The Bertz CT molecular complexity index is 1000. The first-order valence-corrected chi connectivity index (χ1v) is 10.7. The Hall–Kier alpha value is -2.01. The first-order chi connectivity index (χ1) is 13.5. The molecule has 1 unspecified atom stereocenters. The lowest BCUT2D eigenvalue weighted by Crippen LogP contribution is -2.38. The van der Waals surface area contributed by atoms with Gasteiger partial charge in [0.1, 0.15) is 0 Å². The van der Waals surface area contributed by atoms with Crippen molar-refractivity contribution in [3.63, 3.8) is 0 Å². The highest BCUT2D eigenvalue weighted by Crippen LogP contribution is 2.48. The number of hydrogen-bond acceptors (Lipinski definition) is 3. The Morgan fingerprint density at radius 1 is 1.11 bits per heavy atom. The first kappa shape index (κ1) is 19.3. The largest absolute Gasteiger partial charge is 0.309 e. The number of carbonyl (C=O) groups is 1. The number of benzene rings is 3. The van der Waals surface area contributed by atoms with Gasteiger partial charge in [-0.2, -0.15) is 0 Å². The van der Waals surface area contributed by atoms with E-state index in [1.54, 1.807) is 0 Å². The van der Waals surface area contributed by atoms with Crippen LogP contribution in [0.5, 0.6) is 0 Å². The van der Waals surface area contributed by atoms with Gasteiger partial charge in [0.15, 0.2) is 0 Å². The lowest BCUT2D eigenvalue weighted by molar-refractivity contribution is -0.118. The van der Waals surface area contributed by atoms with Crippen LogP contribution in [0, 0.1) is 0 Å². The molecule has 1 aliphatic rings. The number of carbonyl (C=O) groups excluding carboxylic acids is 1. The third kappa shape index (κ3) is 3.90. The highest BCUT2D eigenvalue weighted by atomic mass is 35.5. The van der Waals surface area contributed by atoms with Crippen LogP contribution in [0.25, 0.3) is 10.8 Å². The van der Waals surface area contributed by atoms with Crippen LogP contribution in [0.15, 0.2) is 65.6 Å². The van der Waals surface area contributed by atoms with Crippen molar-refractivity contribution >= 4 is 45.7 Å². The predicted octanol–water partition coefficient (Wildman–Crippen LogP) is 5.62. The summed E-state index contributed by atoms with van der Waals surface area (Å²) in [4.78, 5) is 18.4. The zero-order valence-corrected chi connectivity index (χ0v) is 17.6.